The van der Waals surface area contributed by atoms with Crippen LogP contribution in [0.15, 0.2) is 36.5 Å². The Labute approximate surface area is 194 Å². The van der Waals surface area contributed by atoms with Gasteiger partial charge in [-0.3, -0.25) is 4.79 Å². The van der Waals surface area contributed by atoms with E-state index >= 15 is 0 Å². The fraction of sp³-hybridized carbons (Fsp3) is 0.423. The van der Waals surface area contributed by atoms with Gasteiger partial charge in [-0.25, -0.2) is 9.78 Å². The first-order valence-corrected chi connectivity index (χ1v) is 11.6. The minimum Gasteiger partial charge on any atom is -0.464 e. The van der Waals surface area contributed by atoms with Gasteiger partial charge in [0.15, 0.2) is 5.69 Å². The number of pyridine rings is 1. The van der Waals surface area contributed by atoms with Crippen LogP contribution < -0.4 is 10.6 Å². The minimum atomic E-state index is -0.487. The summed E-state index contributed by atoms with van der Waals surface area (Å²) >= 11 is 0. The molecule has 1 amide bonds. The molecule has 0 fully saturated rings. The van der Waals surface area contributed by atoms with Crippen molar-refractivity contribution in [2.45, 2.75) is 59.0 Å². The zero-order chi connectivity index (χ0) is 23.5. The van der Waals surface area contributed by atoms with E-state index in [1.54, 1.807) is 0 Å². The highest BCUT2D eigenvalue weighted by Gasteiger charge is 2.26. The number of hydrogen-bond donors (Lipinski definition) is 2. The predicted molar refractivity (Wildman–Crippen MR) is 131 cm³/mol. The first-order valence-electron chi connectivity index (χ1n) is 11.6. The molecule has 0 saturated heterocycles. The highest BCUT2D eigenvalue weighted by Crippen LogP contribution is 2.34. The van der Waals surface area contributed by atoms with Crippen LogP contribution in [0.3, 0.4) is 0 Å². The first-order chi connectivity index (χ1) is 15.9. The Morgan fingerprint density at radius 1 is 1.24 bits per heavy atom. The number of aromatic nitrogens is 2. The molecule has 1 aromatic carbocycles. The Morgan fingerprint density at radius 2 is 2.00 bits per heavy atom. The molecule has 7 heteroatoms. The summed E-state index contributed by atoms with van der Waals surface area (Å²) in [5, 5.41) is 7.20. The number of hydrogen-bond acceptors (Lipinski definition) is 5. The van der Waals surface area contributed by atoms with Crippen molar-refractivity contribution in [1.29, 1.82) is 0 Å². The summed E-state index contributed by atoms with van der Waals surface area (Å²) < 4.78 is 6.93. The number of nitrogens with zero attached hydrogens (tertiary/aromatic N) is 2. The van der Waals surface area contributed by atoms with Gasteiger partial charge in [0.05, 0.1) is 24.7 Å². The fourth-order valence-electron chi connectivity index (χ4n) is 4.58. The van der Waals surface area contributed by atoms with Gasteiger partial charge in [0.25, 0.3) is 0 Å². The normalized spacial score (nSPS) is 15.4. The highest BCUT2D eigenvalue weighted by atomic mass is 16.5. The number of nitrogens with one attached hydrogen (secondary N) is 2. The molecule has 1 aliphatic carbocycles. The van der Waals surface area contributed by atoms with E-state index in [0.717, 1.165) is 36.8 Å². The average Bonchev–Trinajstić information content (AvgIpc) is 3.09. The molecule has 3 aromatic rings. The third-order valence-electron chi connectivity index (χ3n) is 6.23. The second kappa shape index (κ2) is 9.65. The number of fused-ring (bicyclic) bond motifs is 2. The van der Waals surface area contributed by atoms with E-state index in [4.69, 9.17) is 9.72 Å². The smallest absolute Gasteiger partial charge is 0.356 e. The quantitative estimate of drug-likeness (QED) is 0.507. The van der Waals surface area contributed by atoms with Gasteiger partial charge in [-0.15, -0.1) is 0 Å². The van der Waals surface area contributed by atoms with Gasteiger partial charge in [-0.1, -0.05) is 38.1 Å². The Kier molecular flexibility index (Phi) is 6.67. The molecule has 0 spiro atoms. The lowest BCUT2D eigenvalue weighted by Crippen LogP contribution is -2.27. The third kappa shape index (κ3) is 4.87. The van der Waals surface area contributed by atoms with Gasteiger partial charge < -0.3 is 19.9 Å². The van der Waals surface area contributed by atoms with Crippen LogP contribution in [0.4, 0.5) is 11.4 Å². The summed E-state index contributed by atoms with van der Waals surface area (Å²) in [4.78, 5) is 29.5. The molecule has 0 bridgehead atoms. The summed E-state index contributed by atoms with van der Waals surface area (Å²) in [6, 6.07) is 10.8. The molecule has 0 radical (unpaired) electrons. The number of amides is 1. The summed E-state index contributed by atoms with van der Waals surface area (Å²) in [7, 11) is 1.35. The van der Waals surface area contributed by atoms with Crippen LogP contribution in [0.25, 0.3) is 11.0 Å². The Bertz CT molecular complexity index is 1180. The summed E-state index contributed by atoms with van der Waals surface area (Å²) in [5.74, 6) is -0.281. The van der Waals surface area contributed by atoms with Gasteiger partial charge in [-0.05, 0) is 48.8 Å². The summed E-state index contributed by atoms with van der Waals surface area (Å²) in [6.45, 7) is 6.32. The van der Waals surface area contributed by atoms with Crippen LogP contribution in [0.2, 0.25) is 0 Å². The van der Waals surface area contributed by atoms with E-state index in [1.165, 1.54) is 25.2 Å². The molecule has 2 N–H and O–H groups in total. The topological polar surface area (TPSA) is 85.2 Å². The number of carbonyl (C=O) groups is 2. The maximum absolute atomic E-state index is 12.7. The van der Waals surface area contributed by atoms with Crippen LogP contribution in [0.1, 0.15) is 55.2 Å². The lowest BCUT2D eigenvalue weighted by atomic mass is 9.88. The molecule has 33 heavy (non-hydrogen) atoms. The van der Waals surface area contributed by atoms with Crippen molar-refractivity contribution < 1.29 is 14.3 Å². The van der Waals surface area contributed by atoms with Gasteiger partial charge in [-0.2, -0.15) is 0 Å². The number of esters is 1. The second-order valence-corrected chi connectivity index (χ2v) is 9.18. The predicted octanol–water partition coefficient (Wildman–Crippen LogP) is 4.80. The lowest BCUT2D eigenvalue weighted by molar-refractivity contribution is -0.114. The monoisotopic (exact) mass is 448 g/mol. The number of anilines is 2. The van der Waals surface area contributed by atoms with E-state index in [0.29, 0.717) is 35.5 Å². The molecule has 0 unspecified atom stereocenters. The van der Waals surface area contributed by atoms with E-state index in [-0.39, 0.29) is 5.91 Å². The minimum absolute atomic E-state index is 0.245. The number of rotatable bonds is 7. The van der Waals surface area contributed by atoms with E-state index in [2.05, 4.69) is 48.7 Å². The third-order valence-corrected chi connectivity index (χ3v) is 6.23. The summed E-state index contributed by atoms with van der Waals surface area (Å²) in [6.07, 6.45) is 5.72. The van der Waals surface area contributed by atoms with Crippen molar-refractivity contribution >= 4 is 34.3 Å². The highest BCUT2D eigenvalue weighted by molar-refractivity contribution is 6.10. The molecular weight excluding hydrogens is 416 g/mol. The second-order valence-electron chi connectivity index (χ2n) is 9.18. The number of methoxy groups -OCH3 is 1. The van der Waals surface area contributed by atoms with E-state index < -0.39 is 5.97 Å². The van der Waals surface area contributed by atoms with Gasteiger partial charge in [0, 0.05) is 24.9 Å². The molecule has 4 rings (SSSR count). The van der Waals surface area contributed by atoms with E-state index in [9.17, 15) is 9.59 Å². The van der Waals surface area contributed by atoms with E-state index in [1.807, 2.05) is 16.8 Å². The van der Waals surface area contributed by atoms with Gasteiger partial charge in [0.2, 0.25) is 5.91 Å². The molecule has 0 aliphatic heterocycles. The lowest BCUT2D eigenvalue weighted by Gasteiger charge is -2.26. The zero-order valence-electron chi connectivity index (χ0n) is 19.8. The molecule has 7 nitrogen and oxygen atoms in total. The van der Waals surface area contributed by atoms with Crippen LogP contribution >= 0.6 is 0 Å². The SMILES string of the molecule is COC(=O)c1c(NC(C)=O)c2cc(N[C@H]3CCc4ccccc4C3)cnc2n1CCC(C)C. The largest absolute Gasteiger partial charge is 0.464 e. The number of benzene rings is 1. The average molecular weight is 449 g/mol. The van der Waals surface area contributed by atoms with Crippen LogP contribution in [0, 0.1) is 5.92 Å². The van der Waals surface area contributed by atoms with Crippen molar-refractivity contribution in [2.24, 2.45) is 5.92 Å². The van der Waals surface area contributed by atoms with Crippen molar-refractivity contribution in [3.05, 3.63) is 53.3 Å². The van der Waals surface area contributed by atoms with Gasteiger partial charge >= 0.3 is 5.97 Å². The molecule has 1 atom stereocenters. The zero-order valence-corrected chi connectivity index (χ0v) is 19.8. The van der Waals surface area contributed by atoms with Gasteiger partial charge in [0.1, 0.15) is 5.65 Å². The number of aryl methyl sites for hydroxylation is 2. The molecular formula is C26H32N4O3. The maximum atomic E-state index is 12.7. The van der Waals surface area contributed by atoms with Crippen molar-refractivity contribution in [3.63, 3.8) is 0 Å². The van der Waals surface area contributed by atoms with Crippen LogP contribution in [-0.2, 0) is 28.9 Å². The molecule has 1 aliphatic rings. The molecule has 2 aromatic heterocycles. The number of carbonyl (C=O) groups excluding carboxylic acids is 2. The van der Waals surface area contributed by atoms with Crippen LogP contribution in [-0.4, -0.2) is 34.6 Å². The maximum Gasteiger partial charge on any atom is 0.356 e. The molecule has 0 saturated carbocycles. The molecule has 174 valence electrons. The standard InChI is InChI=1S/C26H32N4O3/c1-16(2)11-12-30-24(26(32)33-4)23(28-17(3)31)22-14-21(15-27-25(22)30)29-20-10-9-18-7-5-6-8-19(18)13-20/h5-8,14-16,20,29H,9-13H2,1-4H3,(H,28,31)/t20-/m0/s1. The fourth-order valence-corrected chi connectivity index (χ4v) is 4.58. The first kappa shape index (κ1) is 22.8. The molecule has 2 heterocycles. The van der Waals surface area contributed by atoms with Crippen molar-refractivity contribution in [3.8, 4) is 0 Å². The Balaban J connectivity index is 1.72. The Hall–Kier alpha value is -3.35. The van der Waals surface area contributed by atoms with Crippen molar-refractivity contribution in [1.82, 2.24) is 9.55 Å². The Morgan fingerprint density at radius 3 is 2.70 bits per heavy atom. The number of ether oxygens (including phenoxy) is 1. The van der Waals surface area contributed by atoms with Crippen molar-refractivity contribution in [2.75, 3.05) is 17.7 Å². The summed E-state index contributed by atoms with van der Waals surface area (Å²) in [5.41, 5.74) is 5.12. The van der Waals surface area contributed by atoms with Crippen LogP contribution in [0.5, 0.6) is 0 Å².